The van der Waals surface area contributed by atoms with Crippen molar-refractivity contribution >= 4 is 40.6 Å². The summed E-state index contributed by atoms with van der Waals surface area (Å²) in [6.07, 6.45) is 0.658. The summed E-state index contributed by atoms with van der Waals surface area (Å²) < 4.78 is 0. The number of carbonyl (C=O) groups excluding carboxylic acids is 2. The highest BCUT2D eigenvalue weighted by Gasteiger charge is 2.16. The van der Waals surface area contributed by atoms with Gasteiger partial charge in [-0.25, -0.2) is 0 Å². The molecule has 2 nitrogen and oxygen atoms in total. The second-order valence-electron chi connectivity index (χ2n) is 2.84. The van der Waals surface area contributed by atoms with Crippen molar-refractivity contribution in [2.45, 2.75) is 16.6 Å². The first-order chi connectivity index (χ1) is 6.57. The normalized spacial score (nSPS) is 12.2. The molecule has 0 saturated heterocycles. The first-order valence-corrected chi connectivity index (χ1v) is 5.39. The Bertz CT molecular complexity index is 374. The number of Topliss-reactive ketones (excluding diaryl/α,β-unsaturated/α-hetero) is 1. The predicted octanol–water partition coefficient (Wildman–Crippen LogP) is 2.75. The zero-order valence-electron chi connectivity index (χ0n) is 7.53. The Kier molecular flexibility index (Phi) is 3.89. The number of rotatable bonds is 3. The van der Waals surface area contributed by atoms with Gasteiger partial charge in [-0.3, -0.25) is 9.59 Å². The molecule has 1 atom stereocenters. The quantitative estimate of drug-likeness (QED) is 0.397. The van der Waals surface area contributed by atoms with Gasteiger partial charge in [-0.2, -0.15) is 0 Å². The van der Waals surface area contributed by atoms with Gasteiger partial charge in [0.1, 0.15) is 0 Å². The first kappa shape index (κ1) is 11.5. The van der Waals surface area contributed by atoms with Crippen LogP contribution in [0.3, 0.4) is 0 Å². The Labute approximate surface area is 96.2 Å². The van der Waals surface area contributed by atoms with Crippen molar-refractivity contribution in [3.05, 3.63) is 29.3 Å². The van der Waals surface area contributed by atoms with E-state index < -0.39 is 0 Å². The van der Waals surface area contributed by atoms with Crippen LogP contribution >= 0.6 is 28.6 Å². The average Bonchev–Trinajstić information content (AvgIpc) is 2.16. The number of carbonyl (C=O) groups is 2. The lowest BCUT2D eigenvalue weighted by molar-refractivity contribution is 0.0988. The summed E-state index contributed by atoms with van der Waals surface area (Å²) in [7, 11) is 0. The topological polar surface area (TPSA) is 34.1 Å². The molecular weight excluding hydrogens is 264 g/mol. The van der Waals surface area contributed by atoms with E-state index in [-0.39, 0.29) is 10.6 Å². The minimum Gasteiger partial charge on any atom is -0.298 e. The summed E-state index contributed by atoms with van der Waals surface area (Å²) in [5, 5.41) is 0. The fourth-order valence-electron chi connectivity index (χ4n) is 1.11. The maximum Gasteiger partial charge on any atom is 0.176 e. The molecule has 0 radical (unpaired) electrons. The van der Waals surface area contributed by atoms with Crippen molar-refractivity contribution in [2.24, 2.45) is 0 Å². The molecule has 0 heterocycles. The SMILES string of the molecule is CC(Br)C(=O)c1cccc(S)c1C=O. The van der Waals surface area contributed by atoms with Crippen molar-refractivity contribution < 1.29 is 9.59 Å². The van der Waals surface area contributed by atoms with Crippen molar-refractivity contribution in [1.82, 2.24) is 0 Å². The third kappa shape index (κ3) is 2.25. The fraction of sp³-hybridized carbons (Fsp3) is 0.200. The second kappa shape index (κ2) is 4.75. The zero-order chi connectivity index (χ0) is 10.7. The molecule has 0 amide bonds. The van der Waals surface area contributed by atoms with Crippen LogP contribution in [0.4, 0.5) is 0 Å². The van der Waals surface area contributed by atoms with Gasteiger partial charge in [-0.1, -0.05) is 28.1 Å². The standard InChI is InChI=1S/C10H9BrO2S/c1-6(11)10(13)7-3-2-4-9(14)8(7)5-12/h2-6,14H,1H3. The molecule has 0 spiro atoms. The van der Waals surface area contributed by atoms with E-state index in [1.165, 1.54) is 0 Å². The lowest BCUT2D eigenvalue weighted by atomic mass is 10.0. The van der Waals surface area contributed by atoms with Crippen LogP contribution in [0.25, 0.3) is 0 Å². The molecule has 1 rings (SSSR count). The Hall–Kier alpha value is -0.610. The highest BCUT2D eigenvalue weighted by atomic mass is 79.9. The maximum absolute atomic E-state index is 11.6. The van der Waals surface area contributed by atoms with Gasteiger partial charge >= 0.3 is 0 Å². The molecule has 1 aromatic carbocycles. The number of thiol groups is 1. The number of aldehydes is 1. The van der Waals surface area contributed by atoms with Crippen LogP contribution in [-0.4, -0.2) is 16.9 Å². The molecule has 0 aliphatic carbocycles. The molecule has 0 aliphatic rings. The van der Waals surface area contributed by atoms with Gasteiger partial charge in [-0.15, -0.1) is 12.6 Å². The highest BCUT2D eigenvalue weighted by molar-refractivity contribution is 9.10. The molecule has 14 heavy (non-hydrogen) atoms. The van der Waals surface area contributed by atoms with E-state index in [1.807, 2.05) is 0 Å². The van der Waals surface area contributed by atoms with Gasteiger partial charge in [0.25, 0.3) is 0 Å². The third-order valence-corrected chi connectivity index (χ3v) is 2.63. The molecule has 0 aromatic heterocycles. The van der Waals surface area contributed by atoms with E-state index in [4.69, 9.17) is 0 Å². The number of ketones is 1. The molecular formula is C10H9BrO2S. The molecule has 0 saturated carbocycles. The van der Waals surface area contributed by atoms with Crippen LogP contribution in [0.5, 0.6) is 0 Å². The molecule has 0 bridgehead atoms. The minimum atomic E-state index is -0.295. The molecule has 0 fully saturated rings. The maximum atomic E-state index is 11.6. The van der Waals surface area contributed by atoms with Gasteiger partial charge in [0.05, 0.1) is 4.83 Å². The van der Waals surface area contributed by atoms with E-state index in [0.29, 0.717) is 22.3 Å². The Balaban J connectivity index is 3.27. The van der Waals surface area contributed by atoms with Crippen molar-refractivity contribution in [1.29, 1.82) is 0 Å². The monoisotopic (exact) mass is 272 g/mol. The van der Waals surface area contributed by atoms with Crippen LogP contribution in [0, 0.1) is 0 Å². The van der Waals surface area contributed by atoms with E-state index in [1.54, 1.807) is 25.1 Å². The number of hydrogen-bond donors (Lipinski definition) is 1. The molecule has 74 valence electrons. The van der Waals surface area contributed by atoms with Crippen LogP contribution in [0.2, 0.25) is 0 Å². The number of benzene rings is 1. The summed E-state index contributed by atoms with van der Waals surface area (Å²) in [5.74, 6) is -0.108. The van der Waals surface area contributed by atoms with Crippen LogP contribution in [0.1, 0.15) is 27.6 Å². The summed E-state index contributed by atoms with van der Waals surface area (Å²) >= 11 is 7.29. The van der Waals surface area contributed by atoms with E-state index >= 15 is 0 Å². The second-order valence-corrected chi connectivity index (χ2v) is 4.69. The summed E-state index contributed by atoms with van der Waals surface area (Å²) in [4.78, 5) is 22.6. The Morgan fingerprint density at radius 2 is 2.21 bits per heavy atom. The van der Waals surface area contributed by atoms with E-state index in [0.717, 1.165) is 0 Å². The molecule has 0 N–H and O–H groups in total. The summed E-state index contributed by atoms with van der Waals surface area (Å²) in [5.41, 5.74) is 0.768. The number of hydrogen-bond acceptors (Lipinski definition) is 3. The van der Waals surface area contributed by atoms with Crippen molar-refractivity contribution in [2.75, 3.05) is 0 Å². The highest BCUT2D eigenvalue weighted by Crippen LogP contribution is 2.19. The van der Waals surface area contributed by atoms with Gasteiger partial charge < -0.3 is 0 Å². The Morgan fingerprint density at radius 1 is 1.57 bits per heavy atom. The van der Waals surface area contributed by atoms with Crippen molar-refractivity contribution in [3.63, 3.8) is 0 Å². The first-order valence-electron chi connectivity index (χ1n) is 4.03. The van der Waals surface area contributed by atoms with Crippen LogP contribution in [-0.2, 0) is 0 Å². The third-order valence-electron chi connectivity index (χ3n) is 1.83. The molecule has 1 aromatic rings. The lowest BCUT2D eigenvalue weighted by Gasteiger charge is -2.06. The van der Waals surface area contributed by atoms with Gasteiger partial charge in [0.15, 0.2) is 12.1 Å². The van der Waals surface area contributed by atoms with Gasteiger partial charge in [-0.05, 0) is 13.0 Å². The lowest BCUT2D eigenvalue weighted by Crippen LogP contribution is -2.12. The van der Waals surface area contributed by atoms with Crippen LogP contribution < -0.4 is 0 Å². The van der Waals surface area contributed by atoms with Gasteiger partial charge in [0.2, 0.25) is 0 Å². The largest absolute Gasteiger partial charge is 0.298 e. The molecule has 1 unspecified atom stereocenters. The van der Waals surface area contributed by atoms with Crippen LogP contribution in [0.15, 0.2) is 23.1 Å². The zero-order valence-corrected chi connectivity index (χ0v) is 10.0. The fourth-order valence-corrected chi connectivity index (χ4v) is 1.61. The van der Waals surface area contributed by atoms with Crippen molar-refractivity contribution in [3.8, 4) is 0 Å². The summed E-state index contributed by atoms with van der Waals surface area (Å²) in [6.45, 7) is 1.72. The molecule has 4 heteroatoms. The minimum absolute atomic E-state index is 0.108. The average molecular weight is 273 g/mol. The van der Waals surface area contributed by atoms with E-state index in [2.05, 4.69) is 28.6 Å². The van der Waals surface area contributed by atoms with E-state index in [9.17, 15) is 9.59 Å². The number of halogens is 1. The predicted molar refractivity (Wildman–Crippen MR) is 61.8 cm³/mol. The Morgan fingerprint density at radius 3 is 2.71 bits per heavy atom. The summed E-state index contributed by atoms with van der Waals surface area (Å²) in [6, 6.07) is 5.02. The van der Waals surface area contributed by atoms with Gasteiger partial charge in [0, 0.05) is 16.0 Å². The molecule has 0 aliphatic heterocycles. The smallest absolute Gasteiger partial charge is 0.176 e. The number of alkyl halides is 1.